The Morgan fingerprint density at radius 3 is 2.46 bits per heavy atom. The zero-order chi connectivity index (χ0) is 17.9. The third-order valence-electron chi connectivity index (χ3n) is 3.01. The molecule has 24 heavy (non-hydrogen) atoms. The Bertz CT molecular complexity index is 793. The van der Waals surface area contributed by atoms with Crippen LogP contribution in [0, 0.1) is 15.5 Å². The van der Waals surface area contributed by atoms with E-state index in [1.165, 1.54) is 18.2 Å². The molecule has 0 fully saturated rings. The number of nitrogens with zero attached hydrogens (tertiary/aromatic N) is 1. The van der Waals surface area contributed by atoms with Gasteiger partial charge in [0.15, 0.2) is 0 Å². The zero-order valence-electron chi connectivity index (χ0n) is 11.9. The van der Waals surface area contributed by atoms with Gasteiger partial charge in [-0.15, -0.1) is 0 Å². The maximum atomic E-state index is 12.7. The predicted octanol–water partition coefficient (Wildman–Crippen LogP) is 3.66. The second kappa shape index (κ2) is 6.54. The molecule has 2 aromatic carbocycles. The minimum atomic E-state index is -4.52. The zero-order valence-corrected chi connectivity index (χ0v) is 11.9. The van der Waals surface area contributed by atoms with Crippen LogP contribution in [0.5, 0.6) is 0 Å². The van der Waals surface area contributed by atoms with Gasteiger partial charge in [-0.3, -0.25) is 26.2 Å². The van der Waals surface area contributed by atoms with Crippen LogP contribution >= 0.6 is 0 Å². The van der Waals surface area contributed by atoms with Gasteiger partial charge in [-0.2, -0.15) is 13.2 Å². The summed E-state index contributed by atoms with van der Waals surface area (Å²) in [6.07, 6.45) is -4.52. The van der Waals surface area contributed by atoms with Gasteiger partial charge in [0.25, 0.3) is 5.69 Å². The molecule has 126 valence electrons. The number of hydroxylamine groups is 1. The largest absolute Gasteiger partial charge is 0.416 e. The van der Waals surface area contributed by atoms with Crippen LogP contribution in [0.1, 0.15) is 11.1 Å². The molecule has 0 spiro atoms. The molecule has 0 saturated carbocycles. The molecule has 0 aliphatic carbocycles. The van der Waals surface area contributed by atoms with Crippen molar-refractivity contribution < 1.29 is 23.3 Å². The number of nitrogens with one attached hydrogen (secondary N) is 3. The summed E-state index contributed by atoms with van der Waals surface area (Å²) in [5, 5.41) is 29.7. The van der Waals surface area contributed by atoms with E-state index in [1.54, 1.807) is 5.48 Å². The van der Waals surface area contributed by atoms with Gasteiger partial charge in [-0.25, -0.2) is 0 Å². The lowest BCUT2D eigenvalue weighted by atomic mass is 10.1. The van der Waals surface area contributed by atoms with E-state index in [1.807, 2.05) is 0 Å². The van der Waals surface area contributed by atoms with Crippen LogP contribution in [-0.2, 0) is 6.18 Å². The number of benzene rings is 2. The van der Waals surface area contributed by atoms with Crippen molar-refractivity contribution in [2.45, 2.75) is 6.18 Å². The minimum absolute atomic E-state index is 0.0128. The lowest BCUT2D eigenvalue weighted by molar-refractivity contribution is -0.384. The Morgan fingerprint density at radius 2 is 1.88 bits per heavy atom. The predicted molar refractivity (Wildman–Crippen MR) is 79.6 cm³/mol. The molecular formula is C14H11F3N4O3. The molecule has 2 aromatic rings. The van der Waals surface area contributed by atoms with Crippen molar-refractivity contribution in [3.8, 4) is 0 Å². The Balaban J connectivity index is 2.40. The van der Waals surface area contributed by atoms with E-state index in [2.05, 4.69) is 5.32 Å². The van der Waals surface area contributed by atoms with Gasteiger partial charge in [0, 0.05) is 29.1 Å². The Kier molecular flexibility index (Phi) is 4.69. The summed E-state index contributed by atoms with van der Waals surface area (Å²) in [7, 11) is 0. The van der Waals surface area contributed by atoms with Gasteiger partial charge in [-0.05, 0) is 24.3 Å². The van der Waals surface area contributed by atoms with Crippen LogP contribution in [0.4, 0.5) is 30.2 Å². The molecule has 0 heterocycles. The highest BCUT2D eigenvalue weighted by atomic mass is 19.4. The molecule has 0 saturated heterocycles. The van der Waals surface area contributed by atoms with Gasteiger partial charge in [0.05, 0.1) is 10.5 Å². The van der Waals surface area contributed by atoms with Crippen molar-refractivity contribution in [2.24, 2.45) is 0 Å². The summed E-state index contributed by atoms with van der Waals surface area (Å²) >= 11 is 0. The number of hydrogen-bond donors (Lipinski definition) is 4. The second-order valence-corrected chi connectivity index (χ2v) is 4.72. The van der Waals surface area contributed by atoms with Crippen molar-refractivity contribution in [2.75, 3.05) is 5.32 Å². The fourth-order valence-corrected chi connectivity index (χ4v) is 1.94. The Morgan fingerprint density at radius 1 is 1.17 bits per heavy atom. The van der Waals surface area contributed by atoms with Crippen molar-refractivity contribution >= 4 is 22.9 Å². The number of anilines is 2. The molecule has 0 aliphatic rings. The van der Waals surface area contributed by atoms with Crippen LogP contribution in [0.15, 0.2) is 42.5 Å². The Hall–Kier alpha value is -3.14. The molecule has 0 aromatic heterocycles. The normalized spacial score (nSPS) is 11.0. The molecule has 0 aliphatic heterocycles. The lowest BCUT2D eigenvalue weighted by Crippen LogP contribution is -2.18. The Labute approximate surface area is 133 Å². The summed E-state index contributed by atoms with van der Waals surface area (Å²) in [6.45, 7) is 0. The first-order chi connectivity index (χ1) is 11.2. The van der Waals surface area contributed by atoms with Crippen molar-refractivity contribution in [3.63, 3.8) is 0 Å². The maximum Gasteiger partial charge on any atom is 0.416 e. The van der Waals surface area contributed by atoms with E-state index in [4.69, 9.17) is 10.6 Å². The third-order valence-corrected chi connectivity index (χ3v) is 3.01. The van der Waals surface area contributed by atoms with Gasteiger partial charge < -0.3 is 5.32 Å². The number of alkyl halides is 3. The summed E-state index contributed by atoms with van der Waals surface area (Å²) in [5.41, 5.74) is 0.445. The van der Waals surface area contributed by atoms with Crippen LogP contribution in [0.3, 0.4) is 0 Å². The highest BCUT2D eigenvalue weighted by Crippen LogP contribution is 2.32. The number of non-ortho nitro benzene ring substituents is 1. The number of halogens is 3. The van der Waals surface area contributed by atoms with Crippen molar-refractivity contribution in [3.05, 3.63) is 63.7 Å². The van der Waals surface area contributed by atoms with E-state index in [9.17, 15) is 23.3 Å². The third kappa shape index (κ3) is 3.98. The minimum Gasteiger partial charge on any atom is -0.355 e. The summed E-state index contributed by atoms with van der Waals surface area (Å²) in [5.74, 6) is -0.495. The highest BCUT2D eigenvalue weighted by molar-refractivity contribution is 5.97. The summed E-state index contributed by atoms with van der Waals surface area (Å²) in [6, 6.07) is 7.74. The fraction of sp³-hybridized carbons (Fsp3) is 0.0714. The fourth-order valence-electron chi connectivity index (χ4n) is 1.94. The second-order valence-electron chi connectivity index (χ2n) is 4.72. The molecule has 0 atom stereocenters. The monoisotopic (exact) mass is 340 g/mol. The van der Waals surface area contributed by atoms with Crippen LogP contribution in [0.25, 0.3) is 0 Å². The summed E-state index contributed by atoms with van der Waals surface area (Å²) < 4.78 is 38.1. The average molecular weight is 340 g/mol. The molecule has 0 radical (unpaired) electrons. The first-order valence-electron chi connectivity index (χ1n) is 6.43. The molecule has 10 heteroatoms. The smallest absolute Gasteiger partial charge is 0.355 e. The van der Waals surface area contributed by atoms with Crippen LogP contribution in [-0.4, -0.2) is 16.0 Å². The van der Waals surface area contributed by atoms with Gasteiger partial charge in [0.2, 0.25) is 0 Å². The average Bonchev–Trinajstić information content (AvgIpc) is 2.53. The maximum absolute atomic E-state index is 12.7. The van der Waals surface area contributed by atoms with E-state index in [0.717, 1.165) is 24.3 Å². The summed E-state index contributed by atoms with van der Waals surface area (Å²) in [4.78, 5) is 10.2. The molecule has 0 amide bonds. The lowest BCUT2D eigenvalue weighted by Gasteiger charge is -2.12. The van der Waals surface area contributed by atoms with Gasteiger partial charge in [-0.1, -0.05) is 6.07 Å². The van der Waals surface area contributed by atoms with Gasteiger partial charge >= 0.3 is 6.18 Å². The highest BCUT2D eigenvalue weighted by Gasteiger charge is 2.30. The quantitative estimate of drug-likeness (QED) is 0.294. The number of amidine groups is 1. The number of hydrogen-bond acceptors (Lipinski definition) is 5. The first-order valence-corrected chi connectivity index (χ1v) is 6.43. The van der Waals surface area contributed by atoms with E-state index in [0.29, 0.717) is 0 Å². The molecular weight excluding hydrogens is 329 g/mol. The molecule has 0 unspecified atom stereocenters. The van der Waals surface area contributed by atoms with Crippen LogP contribution in [0.2, 0.25) is 0 Å². The topological polar surface area (TPSA) is 111 Å². The number of nitro groups is 1. The van der Waals surface area contributed by atoms with Gasteiger partial charge in [0.1, 0.15) is 5.84 Å². The molecule has 0 bridgehead atoms. The van der Waals surface area contributed by atoms with E-state index < -0.39 is 22.5 Å². The van der Waals surface area contributed by atoms with E-state index in [-0.39, 0.29) is 22.6 Å². The molecule has 4 N–H and O–H groups in total. The van der Waals surface area contributed by atoms with Crippen molar-refractivity contribution in [1.29, 1.82) is 5.41 Å². The van der Waals surface area contributed by atoms with Crippen molar-refractivity contribution in [1.82, 2.24) is 5.48 Å². The first kappa shape index (κ1) is 17.2. The van der Waals surface area contributed by atoms with Crippen LogP contribution < -0.4 is 10.8 Å². The number of rotatable bonds is 4. The molecule has 2 rings (SSSR count). The molecule has 7 nitrogen and oxygen atoms in total. The van der Waals surface area contributed by atoms with E-state index >= 15 is 0 Å². The standard InChI is InChI=1S/C14H11F3N4O3/c15-14(16,17)9-2-1-3-10(6-9)19-11-4-8(13(18)20-22)5-12(7-11)21(23)24/h1-7,19,22H,(H2,18,20). The number of nitro benzene ring substituents is 1. The SMILES string of the molecule is N=C(NO)c1cc(Nc2cccc(C(F)(F)F)c2)cc([N+](=O)[O-])c1.